The highest BCUT2D eigenvalue weighted by Crippen LogP contribution is 2.43. The van der Waals surface area contributed by atoms with Crippen molar-refractivity contribution >= 4 is 19.8 Å². The van der Waals surface area contributed by atoms with Crippen LogP contribution >= 0.6 is 7.82 Å². The standard InChI is InChI=1S/C45H78NO8P/c1-3-5-7-9-11-13-15-17-19-21-23-25-27-29-31-33-35-37-44(47)51-41-43(42-53-55(49,50)52-40-39-46)54-45(48)38-36-34-32-30-28-26-24-22-20-18-16-14-12-10-8-6-4-2/h7,9,13,15,19,21,24-27,30,32,43H,3-6,8,10-12,14,16-18,20,22-23,28-29,31,33-42,46H2,1-2H3,(H,49,50)/b9-7+,15-13+,21-19+,26-24+,27-25+,32-30+/t43-/m1/s1. The van der Waals surface area contributed by atoms with Crippen LogP contribution in [0.25, 0.3) is 0 Å². The van der Waals surface area contributed by atoms with Crippen LogP contribution in [0.1, 0.15) is 168 Å². The van der Waals surface area contributed by atoms with E-state index in [-0.39, 0.29) is 32.6 Å². The molecule has 0 aliphatic rings. The molecule has 1 unspecified atom stereocenters. The van der Waals surface area contributed by atoms with Gasteiger partial charge in [0.05, 0.1) is 13.2 Å². The summed E-state index contributed by atoms with van der Waals surface area (Å²) in [6.07, 6.45) is 49.4. The minimum absolute atomic E-state index is 0.0392. The molecule has 2 atom stereocenters. The molecule has 3 N–H and O–H groups in total. The number of rotatable bonds is 39. The van der Waals surface area contributed by atoms with Crippen molar-refractivity contribution < 1.29 is 37.6 Å². The molecule has 0 aliphatic heterocycles. The van der Waals surface area contributed by atoms with Crippen LogP contribution in [-0.2, 0) is 32.7 Å². The molecule has 55 heavy (non-hydrogen) atoms. The highest BCUT2D eigenvalue weighted by atomic mass is 31.2. The van der Waals surface area contributed by atoms with E-state index in [9.17, 15) is 19.0 Å². The molecule has 0 saturated heterocycles. The molecule has 0 saturated carbocycles. The van der Waals surface area contributed by atoms with Crippen LogP contribution in [0.2, 0.25) is 0 Å². The molecule has 0 amide bonds. The van der Waals surface area contributed by atoms with Gasteiger partial charge in [0.15, 0.2) is 6.10 Å². The number of esters is 2. The topological polar surface area (TPSA) is 134 Å². The number of allylic oxidation sites excluding steroid dienone is 12. The quantitative estimate of drug-likeness (QED) is 0.0270. The normalized spacial score (nSPS) is 14.0. The predicted octanol–water partition coefficient (Wildman–Crippen LogP) is 12.3. The molecule has 0 aromatic rings. The first-order valence-corrected chi connectivity index (χ1v) is 22.9. The third-order valence-electron chi connectivity index (χ3n) is 8.55. The summed E-state index contributed by atoms with van der Waals surface area (Å²) in [5, 5.41) is 0. The first-order valence-electron chi connectivity index (χ1n) is 21.4. The third-order valence-corrected chi connectivity index (χ3v) is 9.53. The lowest BCUT2D eigenvalue weighted by Crippen LogP contribution is -2.29. The Morgan fingerprint density at radius 2 is 1.00 bits per heavy atom. The van der Waals surface area contributed by atoms with E-state index in [1.165, 1.54) is 64.2 Å². The summed E-state index contributed by atoms with van der Waals surface area (Å²) in [5.74, 6) is -0.924. The van der Waals surface area contributed by atoms with Gasteiger partial charge in [0, 0.05) is 19.4 Å². The molecule has 9 nitrogen and oxygen atoms in total. The predicted molar refractivity (Wildman–Crippen MR) is 229 cm³/mol. The number of carbonyl (C=O) groups is 2. The fourth-order valence-electron chi connectivity index (χ4n) is 5.37. The monoisotopic (exact) mass is 792 g/mol. The molecular weight excluding hydrogens is 713 g/mol. The van der Waals surface area contributed by atoms with Gasteiger partial charge in [0.2, 0.25) is 0 Å². The van der Waals surface area contributed by atoms with Crippen molar-refractivity contribution in [1.82, 2.24) is 0 Å². The average Bonchev–Trinajstić information content (AvgIpc) is 3.17. The summed E-state index contributed by atoms with van der Waals surface area (Å²) in [7, 11) is -4.40. The Morgan fingerprint density at radius 3 is 1.53 bits per heavy atom. The number of phosphoric ester groups is 1. The third kappa shape index (κ3) is 40.9. The van der Waals surface area contributed by atoms with Crippen molar-refractivity contribution in [3.63, 3.8) is 0 Å². The average molecular weight is 792 g/mol. The summed E-state index contributed by atoms with van der Waals surface area (Å²) < 4.78 is 32.7. The minimum Gasteiger partial charge on any atom is -0.462 e. The van der Waals surface area contributed by atoms with Gasteiger partial charge in [0.25, 0.3) is 0 Å². The maximum atomic E-state index is 12.6. The van der Waals surface area contributed by atoms with Crippen molar-refractivity contribution in [3.05, 3.63) is 72.9 Å². The molecule has 0 aromatic carbocycles. The highest BCUT2D eigenvalue weighted by molar-refractivity contribution is 7.47. The fourth-order valence-corrected chi connectivity index (χ4v) is 6.13. The second-order valence-corrected chi connectivity index (χ2v) is 15.3. The van der Waals surface area contributed by atoms with Crippen LogP contribution in [0.5, 0.6) is 0 Å². The lowest BCUT2D eigenvalue weighted by Gasteiger charge is -2.19. The van der Waals surface area contributed by atoms with E-state index in [1.54, 1.807) is 0 Å². The van der Waals surface area contributed by atoms with Crippen LogP contribution in [0.3, 0.4) is 0 Å². The lowest BCUT2D eigenvalue weighted by atomic mass is 10.1. The Labute approximate surface area is 335 Å². The molecule has 316 valence electrons. The summed E-state index contributed by atoms with van der Waals surface area (Å²) in [6, 6.07) is 0. The van der Waals surface area contributed by atoms with E-state index < -0.39 is 32.5 Å². The fraction of sp³-hybridized carbons (Fsp3) is 0.689. The van der Waals surface area contributed by atoms with Crippen LogP contribution < -0.4 is 5.73 Å². The summed E-state index contributed by atoms with van der Waals surface area (Å²) in [6.45, 7) is 3.56. The smallest absolute Gasteiger partial charge is 0.462 e. The largest absolute Gasteiger partial charge is 0.472 e. The highest BCUT2D eigenvalue weighted by Gasteiger charge is 2.25. The van der Waals surface area contributed by atoms with E-state index in [4.69, 9.17) is 24.3 Å². The first kappa shape index (κ1) is 52.5. The number of ether oxygens (including phenoxy) is 2. The molecule has 10 heteroatoms. The maximum absolute atomic E-state index is 12.6. The van der Waals surface area contributed by atoms with Gasteiger partial charge in [-0.25, -0.2) is 4.57 Å². The van der Waals surface area contributed by atoms with Gasteiger partial charge in [-0.1, -0.05) is 151 Å². The van der Waals surface area contributed by atoms with Crippen molar-refractivity contribution in [3.8, 4) is 0 Å². The van der Waals surface area contributed by atoms with E-state index in [0.29, 0.717) is 12.8 Å². The number of hydrogen-bond donors (Lipinski definition) is 2. The molecule has 0 spiro atoms. The molecular formula is C45H78NO8P. The van der Waals surface area contributed by atoms with Gasteiger partial charge in [-0.15, -0.1) is 0 Å². The lowest BCUT2D eigenvalue weighted by molar-refractivity contribution is -0.161. The van der Waals surface area contributed by atoms with Crippen LogP contribution in [0.15, 0.2) is 72.9 Å². The van der Waals surface area contributed by atoms with Gasteiger partial charge >= 0.3 is 19.8 Å². The number of phosphoric acid groups is 1. The zero-order valence-electron chi connectivity index (χ0n) is 34.6. The Morgan fingerprint density at radius 1 is 0.545 bits per heavy atom. The molecule has 0 radical (unpaired) electrons. The van der Waals surface area contributed by atoms with Crippen LogP contribution in [-0.4, -0.2) is 49.3 Å². The Bertz CT molecular complexity index is 1130. The zero-order valence-corrected chi connectivity index (χ0v) is 35.5. The molecule has 0 bridgehead atoms. The molecule has 0 rings (SSSR count). The summed E-state index contributed by atoms with van der Waals surface area (Å²) in [5.41, 5.74) is 5.34. The van der Waals surface area contributed by atoms with E-state index in [1.807, 2.05) is 0 Å². The maximum Gasteiger partial charge on any atom is 0.472 e. The molecule has 0 aliphatic carbocycles. The summed E-state index contributed by atoms with van der Waals surface area (Å²) >= 11 is 0. The van der Waals surface area contributed by atoms with Crippen molar-refractivity contribution in [2.75, 3.05) is 26.4 Å². The number of hydrogen-bond acceptors (Lipinski definition) is 8. The van der Waals surface area contributed by atoms with Gasteiger partial charge in [0.1, 0.15) is 6.61 Å². The van der Waals surface area contributed by atoms with Crippen LogP contribution in [0.4, 0.5) is 0 Å². The van der Waals surface area contributed by atoms with Gasteiger partial charge in [-0.3, -0.25) is 18.6 Å². The second-order valence-electron chi connectivity index (χ2n) is 13.8. The SMILES string of the molecule is CCC/C=C/C/C=C/C/C=C/C/C=C/CCCCCC(=O)OC[C@H](COP(=O)(O)OCCN)OC(=O)CCC/C=C/C/C=C/CCCCCCCCCCC. The van der Waals surface area contributed by atoms with E-state index in [2.05, 4.69) is 86.8 Å². The van der Waals surface area contributed by atoms with Crippen molar-refractivity contribution in [2.24, 2.45) is 5.73 Å². The van der Waals surface area contributed by atoms with E-state index >= 15 is 0 Å². The van der Waals surface area contributed by atoms with Gasteiger partial charge in [-0.2, -0.15) is 0 Å². The Balaban J connectivity index is 4.30. The van der Waals surface area contributed by atoms with Crippen molar-refractivity contribution in [2.45, 2.75) is 174 Å². The second kappa shape index (κ2) is 41.1. The number of nitrogens with two attached hydrogens (primary N) is 1. The molecule has 0 aromatic heterocycles. The summed E-state index contributed by atoms with van der Waals surface area (Å²) in [4.78, 5) is 34.8. The number of unbranched alkanes of at least 4 members (excludes halogenated alkanes) is 14. The number of carbonyl (C=O) groups excluding carboxylic acids is 2. The first-order chi connectivity index (χ1) is 26.8. The Hall–Kier alpha value is -2.55. The minimum atomic E-state index is -4.40. The van der Waals surface area contributed by atoms with Gasteiger partial charge < -0.3 is 20.1 Å². The Kier molecular flexibility index (Phi) is 39.2. The molecule has 0 heterocycles. The van der Waals surface area contributed by atoms with Gasteiger partial charge in [-0.05, 0) is 77.0 Å². The van der Waals surface area contributed by atoms with E-state index in [0.717, 1.165) is 64.2 Å². The van der Waals surface area contributed by atoms with Crippen molar-refractivity contribution in [1.29, 1.82) is 0 Å². The molecule has 0 fully saturated rings. The van der Waals surface area contributed by atoms with Crippen LogP contribution in [0, 0.1) is 0 Å². The zero-order chi connectivity index (χ0) is 40.3.